The average molecular weight is 862 g/mol. The van der Waals surface area contributed by atoms with Crippen molar-refractivity contribution in [3.8, 4) is 0 Å². The van der Waals surface area contributed by atoms with Crippen LogP contribution >= 0.6 is 11.1 Å². The molecule has 0 N–H and O–H groups in total. The second-order valence-electron chi connectivity index (χ2n) is 19.1. The summed E-state index contributed by atoms with van der Waals surface area (Å²) < 4.78 is 64.0. The van der Waals surface area contributed by atoms with Gasteiger partial charge in [-0.3, -0.25) is 0 Å². The van der Waals surface area contributed by atoms with Crippen LogP contribution in [0.4, 0.5) is 0 Å². The molecule has 0 unspecified atom stereocenters. The molecule has 0 radical (unpaired) electrons. The molecule has 9 nitrogen and oxygen atoms in total. The fourth-order valence-corrected chi connectivity index (χ4v) is 50.7. The van der Waals surface area contributed by atoms with Gasteiger partial charge in [0.05, 0.1) is 0 Å². The van der Waals surface area contributed by atoms with Crippen molar-refractivity contribution in [3.05, 3.63) is 0 Å². The first-order valence-electron chi connectivity index (χ1n) is 16.6. The Bertz CT molecular complexity index is 807. The molecule has 0 aliphatic rings. The smallest absolute Gasteiger partial charge is 0.417 e. The van der Waals surface area contributed by atoms with E-state index < -0.39 is 92.5 Å². The predicted molar refractivity (Wildman–Crippen MR) is 223 cm³/mol. The third-order valence-corrected chi connectivity index (χ3v) is 40.1. The van der Waals surface area contributed by atoms with Crippen LogP contribution in [0, 0.1) is 0 Å². The predicted octanol–water partition coefficient (Wildman–Crippen LogP) is 10.2. The number of rotatable bonds is 21. The van der Waals surface area contributed by atoms with Gasteiger partial charge in [0.15, 0.2) is 49.9 Å². The molecule has 0 aromatic heterocycles. The zero-order valence-corrected chi connectivity index (χ0v) is 45.7. The molecular weight excluding hydrogens is 789 g/mol. The van der Waals surface area contributed by atoms with Crippen molar-refractivity contribution in [2.45, 2.75) is 163 Å². The van der Waals surface area contributed by atoms with Crippen LogP contribution in [0.5, 0.6) is 0 Å². The van der Waals surface area contributed by atoms with Gasteiger partial charge in [0.2, 0.25) is 0 Å². The average Bonchev–Trinajstić information content (AvgIpc) is 2.54. The van der Waals surface area contributed by atoms with Gasteiger partial charge in [-0.15, -0.1) is 0 Å². The van der Waals surface area contributed by atoms with Crippen LogP contribution in [0.3, 0.4) is 0 Å². The zero-order valence-electron chi connectivity index (χ0n) is 34.0. The lowest BCUT2D eigenvalue weighted by atomic mass is 10.9. The molecule has 0 heterocycles. The van der Waals surface area contributed by atoms with Crippen molar-refractivity contribution in [3.63, 3.8) is 0 Å². The molecule has 0 aromatic carbocycles. The molecule has 21 heteroatoms. The Balaban J connectivity index is 7.97. The van der Waals surface area contributed by atoms with E-state index in [1.165, 1.54) is 0 Å². The van der Waals surface area contributed by atoms with Gasteiger partial charge in [-0.25, -0.2) is 0 Å². The van der Waals surface area contributed by atoms with Crippen LogP contribution < -0.4 is 0 Å². The van der Waals surface area contributed by atoms with E-state index in [1.807, 2.05) is 19.6 Å². The molecule has 0 amide bonds. The SMILES string of the molecule is C[Si](C)(Cl)CC[Si](O[Si](C)(O[Si](C)(C)C)O[Si](C)(C)C)(O[Si](C)(O[Si](C)(C)C)O[Si](C)(C)C)O[Si](C)(O[Si](C)(C)C)O[Si](C)(C)C. The first-order chi connectivity index (χ1) is 19.6. The second-order valence-corrected chi connectivity index (χ2v) is 65.8. The maximum atomic E-state index is 7.46. The summed E-state index contributed by atoms with van der Waals surface area (Å²) in [4.78, 5) is 0. The third-order valence-electron chi connectivity index (χ3n) is 5.00. The van der Waals surface area contributed by atoms with Crippen molar-refractivity contribution in [2.24, 2.45) is 0 Å². The second kappa shape index (κ2) is 16.1. The van der Waals surface area contributed by atoms with E-state index in [-0.39, 0.29) is 0 Å². The minimum Gasteiger partial charge on any atom is -0.417 e. The summed E-state index contributed by atoms with van der Waals surface area (Å²) >= 11 is 7.07. The molecule has 0 atom stereocenters. The third kappa shape index (κ3) is 23.7. The highest BCUT2D eigenvalue weighted by Crippen LogP contribution is 2.38. The summed E-state index contributed by atoms with van der Waals surface area (Å²) in [7, 11) is -29.3. The largest absolute Gasteiger partial charge is 0.478 e. The van der Waals surface area contributed by atoms with Gasteiger partial charge in [-0.05, 0) is 124 Å². The minimum absolute atomic E-state index is 0.460. The van der Waals surface area contributed by atoms with E-state index in [0.717, 1.165) is 0 Å². The van der Waals surface area contributed by atoms with Crippen LogP contribution in [0.25, 0.3) is 0 Å². The molecule has 0 rings (SSSR count). The molecular formula is C25H73ClO9Si11. The summed E-state index contributed by atoms with van der Waals surface area (Å²) in [5.74, 6) is 0. The van der Waals surface area contributed by atoms with E-state index in [1.54, 1.807) is 0 Å². The first-order valence-corrected chi connectivity index (χ1v) is 49.8. The summed E-state index contributed by atoms with van der Waals surface area (Å²) in [5, 5.41) is 0. The zero-order chi connectivity index (χ0) is 37.3. The van der Waals surface area contributed by atoms with E-state index in [2.05, 4.69) is 131 Å². The van der Waals surface area contributed by atoms with Crippen molar-refractivity contribution in [2.75, 3.05) is 0 Å². The van der Waals surface area contributed by atoms with E-state index in [9.17, 15) is 0 Å². The fourth-order valence-electron chi connectivity index (χ4n) is 5.04. The van der Waals surface area contributed by atoms with Crippen molar-refractivity contribution in [1.29, 1.82) is 0 Å². The van der Waals surface area contributed by atoms with Gasteiger partial charge < -0.3 is 37.0 Å². The Hall–Kier alpha value is 2.32. The maximum Gasteiger partial charge on any atom is 0.478 e. The lowest BCUT2D eigenvalue weighted by molar-refractivity contribution is 0.121. The number of halogens is 1. The Morgan fingerprint density at radius 2 is 0.457 bits per heavy atom. The van der Waals surface area contributed by atoms with Gasteiger partial charge in [-0.2, -0.15) is 11.1 Å². The van der Waals surface area contributed by atoms with E-state index in [0.29, 0.717) is 12.1 Å². The lowest BCUT2D eigenvalue weighted by Crippen LogP contribution is -2.71. The molecule has 0 fully saturated rings. The molecule has 0 saturated carbocycles. The normalized spacial score (nSPS) is 15.9. The van der Waals surface area contributed by atoms with Gasteiger partial charge in [-0.1, -0.05) is 13.1 Å². The summed E-state index contributed by atoms with van der Waals surface area (Å²) in [6.07, 6.45) is 0. The van der Waals surface area contributed by atoms with Gasteiger partial charge in [0.25, 0.3) is 0 Å². The highest BCUT2D eigenvalue weighted by atomic mass is 35.6. The fraction of sp³-hybridized carbons (Fsp3) is 1.00. The van der Waals surface area contributed by atoms with Crippen LogP contribution in [0.2, 0.25) is 163 Å². The highest BCUT2D eigenvalue weighted by molar-refractivity contribution is 7.19. The Morgan fingerprint density at radius 3 is 0.587 bits per heavy atom. The van der Waals surface area contributed by atoms with Crippen molar-refractivity contribution >= 4 is 104 Å². The molecule has 0 saturated heterocycles. The molecule has 0 aliphatic carbocycles. The highest BCUT2D eigenvalue weighted by Gasteiger charge is 2.63. The van der Waals surface area contributed by atoms with E-state index >= 15 is 0 Å². The van der Waals surface area contributed by atoms with Crippen molar-refractivity contribution in [1.82, 2.24) is 0 Å². The number of hydrogen-bond donors (Lipinski definition) is 0. The Labute approximate surface area is 301 Å². The molecule has 278 valence electrons. The molecule has 0 aliphatic heterocycles. The summed E-state index contributed by atoms with van der Waals surface area (Å²) in [6, 6.07) is 1.15. The molecule has 0 bridgehead atoms. The van der Waals surface area contributed by atoms with Crippen LogP contribution in [0.15, 0.2) is 0 Å². The number of hydrogen-bond acceptors (Lipinski definition) is 9. The van der Waals surface area contributed by atoms with Crippen molar-refractivity contribution < 1.29 is 37.0 Å². The molecule has 0 spiro atoms. The monoisotopic (exact) mass is 860 g/mol. The van der Waals surface area contributed by atoms with Gasteiger partial charge in [0.1, 0.15) is 7.38 Å². The minimum atomic E-state index is -3.89. The topological polar surface area (TPSA) is 83.1 Å². The van der Waals surface area contributed by atoms with E-state index in [4.69, 9.17) is 48.1 Å². The van der Waals surface area contributed by atoms with Crippen LogP contribution in [-0.2, 0) is 37.0 Å². The standard InChI is InChI=1S/C25H73ClO9Si11/c1-36(2,3)27-43(21,28-37(4,5)6)33-46(25-24-42(19,20)26,34-44(22,29-38(7,8)9)30-39(10,11)12)35-45(23,31-40(13,14)15)32-41(16,17)18/h24-25H2,1-23H3. The Morgan fingerprint density at radius 1 is 0.283 bits per heavy atom. The maximum absolute atomic E-state index is 7.46. The Kier molecular flexibility index (Phi) is 16.9. The van der Waals surface area contributed by atoms with Crippen LogP contribution in [0.1, 0.15) is 0 Å². The summed E-state index contributed by atoms with van der Waals surface area (Å²) in [5.41, 5.74) is 0. The molecule has 0 aromatic rings. The first kappa shape index (κ1) is 48.3. The molecule has 46 heavy (non-hydrogen) atoms. The van der Waals surface area contributed by atoms with Crippen LogP contribution in [-0.4, -0.2) is 92.5 Å². The quantitative estimate of drug-likeness (QED) is 0.0828. The lowest BCUT2D eigenvalue weighted by Gasteiger charge is -2.49. The van der Waals surface area contributed by atoms with Gasteiger partial charge >= 0.3 is 35.2 Å². The van der Waals surface area contributed by atoms with Gasteiger partial charge in [0, 0.05) is 25.7 Å². The summed E-state index contributed by atoms with van der Waals surface area (Å²) in [6.45, 7) is 49.3.